The molecule has 3 N–H and O–H groups in total. The largest absolute Gasteiger partial charge is 0.363 e. The van der Waals surface area contributed by atoms with Crippen LogP contribution in [-0.2, 0) is 0 Å². The molecule has 1 atom stereocenters. The summed E-state index contributed by atoms with van der Waals surface area (Å²) < 4.78 is 13.2. The fraction of sp³-hybridized carbons (Fsp3) is 0.238. The quantitative estimate of drug-likeness (QED) is 0.575. The number of rotatable bonds is 6. The maximum absolute atomic E-state index is 13.2. The number of carbonyl (C=O) groups excluding carboxylic acids is 1. The summed E-state index contributed by atoms with van der Waals surface area (Å²) in [6, 6.07) is 9.68. The van der Waals surface area contributed by atoms with Gasteiger partial charge in [-0.05, 0) is 31.0 Å². The van der Waals surface area contributed by atoms with Gasteiger partial charge in [-0.1, -0.05) is 12.1 Å². The Balaban J connectivity index is 1.63. The number of amides is 2. The Morgan fingerprint density at radius 1 is 1.13 bits per heavy atom. The van der Waals surface area contributed by atoms with E-state index in [-0.39, 0.29) is 17.9 Å². The van der Waals surface area contributed by atoms with Crippen LogP contribution in [0.1, 0.15) is 24.9 Å². The van der Waals surface area contributed by atoms with Gasteiger partial charge in [-0.2, -0.15) is 0 Å². The van der Waals surface area contributed by atoms with Crippen molar-refractivity contribution in [2.24, 2.45) is 0 Å². The molecule has 0 saturated carbocycles. The summed E-state index contributed by atoms with van der Waals surface area (Å²) in [6.07, 6.45) is 5.62. The summed E-state index contributed by atoms with van der Waals surface area (Å²) in [5, 5.41) is 9.32. The molecule has 1 fully saturated rings. The SMILES string of the molecule is C[C@H](Nc1cc(N2CCCNC2=O)cc(Nc2cnccn2)n1)c1ccc(F)cc1. The smallest absolute Gasteiger partial charge is 0.321 e. The molecule has 8 nitrogen and oxygen atoms in total. The molecule has 0 radical (unpaired) electrons. The van der Waals surface area contributed by atoms with E-state index in [1.807, 2.05) is 13.0 Å². The molecule has 0 aliphatic carbocycles. The fourth-order valence-corrected chi connectivity index (χ4v) is 3.24. The lowest BCUT2D eigenvalue weighted by Crippen LogP contribution is -2.46. The maximum Gasteiger partial charge on any atom is 0.321 e. The third-order valence-electron chi connectivity index (χ3n) is 4.76. The minimum Gasteiger partial charge on any atom is -0.363 e. The predicted molar refractivity (Wildman–Crippen MR) is 113 cm³/mol. The normalized spacial score (nSPS) is 14.7. The summed E-state index contributed by atoms with van der Waals surface area (Å²) in [7, 11) is 0. The second kappa shape index (κ2) is 8.73. The molecule has 154 valence electrons. The van der Waals surface area contributed by atoms with E-state index in [0.29, 0.717) is 36.2 Å². The van der Waals surface area contributed by atoms with E-state index in [0.717, 1.165) is 12.0 Å². The standard InChI is InChI=1S/C21H22FN7O/c1-14(15-3-5-16(22)6-4-15)26-18-11-17(29-10-2-7-25-21(29)30)12-19(27-18)28-20-13-23-8-9-24-20/h3-6,8-9,11-14H,2,7,10H2,1H3,(H,25,30)(H2,24,26,27,28)/t14-/m0/s1. The fourth-order valence-electron chi connectivity index (χ4n) is 3.24. The average Bonchev–Trinajstić information content (AvgIpc) is 2.75. The Labute approximate surface area is 173 Å². The molecule has 1 saturated heterocycles. The Kier molecular flexibility index (Phi) is 5.69. The van der Waals surface area contributed by atoms with Crippen molar-refractivity contribution >= 4 is 29.2 Å². The summed E-state index contributed by atoms with van der Waals surface area (Å²) in [6.45, 7) is 3.25. The van der Waals surface area contributed by atoms with E-state index >= 15 is 0 Å². The monoisotopic (exact) mass is 407 g/mol. The van der Waals surface area contributed by atoms with Crippen molar-refractivity contribution in [3.8, 4) is 0 Å². The first-order chi connectivity index (χ1) is 14.6. The van der Waals surface area contributed by atoms with E-state index in [2.05, 4.69) is 30.9 Å². The van der Waals surface area contributed by atoms with E-state index in [9.17, 15) is 9.18 Å². The van der Waals surface area contributed by atoms with E-state index in [1.54, 1.807) is 41.7 Å². The zero-order valence-electron chi connectivity index (χ0n) is 16.5. The van der Waals surface area contributed by atoms with Crippen molar-refractivity contribution in [3.05, 3.63) is 66.4 Å². The van der Waals surface area contributed by atoms with Crippen LogP contribution in [0, 0.1) is 5.82 Å². The molecule has 0 unspecified atom stereocenters. The first-order valence-electron chi connectivity index (χ1n) is 9.71. The number of anilines is 4. The van der Waals surface area contributed by atoms with Gasteiger partial charge in [0.05, 0.1) is 11.9 Å². The van der Waals surface area contributed by atoms with Gasteiger partial charge in [0, 0.05) is 43.7 Å². The first kappa shape index (κ1) is 19.6. The van der Waals surface area contributed by atoms with Gasteiger partial charge in [0.2, 0.25) is 0 Å². The van der Waals surface area contributed by atoms with Crippen molar-refractivity contribution in [1.29, 1.82) is 0 Å². The van der Waals surface area contributed by atoms with Gasteiger partial charge in [0.25, 0.3) is 0 Å². The van der Waals surface area contributed by atoms with Gasteiger partial charge < -0.3 is 16.0 Å². The van der Waals surface area contributed by atoms with Crippen LogP contribution < -0.4 is 20.9 Å². The van der Waals surface area contributed by atoms with Crippen molar-refractivity contribution < 1.29 is 9.18 Å². The third kappa shape index (κ3) is 4.62. The van der Waals surface area contributed by atoms with Gasteiger partial charge in [-0.15, -0.1) is 0 Å². The van der Waals surface area contributed by atoms with E-state index < -0.39 is 0 Å². The lowest BCUT2D eigenvalue weighted by atomic mass is 10.1. The molecule has 3 heterocycles. The summed E-state index contributed by atoms with van der Waals surface area (Å²) in [5.41, 5.74) is 1.63. The molecule has 3 aromatic rings. The number of aromatic nitrogens is 3. The highest BCUT2D eigenvalue weighted by atomic mass is 19.1. The molecule has 2 amide bonds. The molecular weight excluding hydrogens is 385 g/mol. The zero-order chi connectivity index (χ0) is 20.9. The van der Waals surface area contributed by atoms with Crippen LogP contribution >= 0.6 is 0 Å². The molecule has 1 aromatic carbocycles. The van der Waals surface area contributed by atoms with Crippen LogP contribution in [0.15, 0.2) is 55.0 Å². The van der Waals surface area contributed by atoms with Gasteiger partial charge in [-0.3, -0.25) is 9.88 Å². The number of benzene rings is 1. The maximum atomic E-state index is 13.2. The number of hydrogen-bond donors (Lipinski definition) is 3. The van der Waals surface area contributed by atoms with Crippen molar-refractivity contribution in [3.63, 3.8) is 0 Å². The number of urea groups is 1. The van der Waals surface area contributed by atoms with Crippen molar-refractivity contribution in [2.45, 2.75) is 19.4 Å². The molecule has 0 spiro atoms. The highest BCUT2D eigenvalue weighted by Gasteiger charge is 2.21. The van der Waals surface area contributed by atoms with Crippen LogP contribution in [0.3, 0.4) is 0 Å². The van der Waals surface area contributed by atoms with Crippen LogP contribution in [0.5, 0.6) is 0 Å². The predicted octanol–water partition coefficient (Wildman–Crippen LogP) is 3.85. The van der Waals surface area contributed by atoms with Gasteiger partial charge in [-0.25, -0.2) is 19.2 Å². The van der Waals surface area contributed by atoms with E-state index in [1.165, 1.54) is 12.1 Å². The van der Waals surface area contributed by atoms with Crippen molar-refractivity contribution in [2.75, 3.05) is 28.6 Å². The Bertz CT molecular complexity index is 1010. The van der Waals surface area contributed by atoms with Gasteiger partial charge >= 0.3 is 6.03 Å². The van der Waals surface area contributed by atoms with Crippen LogP contribution in [0.4, 0.5) is 32.3 Å². The number of nitrogens with zero attached hydrogens (tertiary/aromatic N) is 4. The molecule has 4 rings (SSSR count). The molecule has 30 heavy (non-hydrogen) atoms. The van der Waals surface area contributed by atoms with Crippen molar-refractivity contribution in [1.82, 2.24) is 20.3 Å². The molecule has 9 heteroatoms. The van der Waals surface area contributed by atoms with Gasteiger partial charge in [0.15, 0.2) is 0 Å². The number of hydrogen-bond acceptors (Lipinski definition) is 6. The first-order valence-corrected chi connectivity index (χ1v) is 9.71. The van der Waals surface area contributed by atoms with Crippen LogP contribution in [0.25, 0.3) is 0 Å². The molecular formula is C21H22FN7O. The highest BCUT2D eigenvalue weighted by Crippen LogP contribution is 2.27. The number of pyridine rings is 1. The minimum atomic E-state index is -0.280. The number of nitrogens with one attached hydrogen (secondary N) is 3. The third-order valence-corrected chi connectivity index (χ3v) is 4.76. The second-order valence-electron chi connectivity index (χ2n) is 6.97. The summed E-state index contributed by atoms with van der Waals surface area (Å²) in [4.78, 5) is 26.9. The number of halogens is 1. The Hall–Kier alpha value is -3.75. The second-order valence-corrected chi connectivity index (χ2v) is 6.97. The highest BCUT2D eigenvalue weighted by molar-refractivity contribution is 5.93. The lowest BCUT2D eigenvalue weighted by Gasteiger charge is -2.28. The minimum absolute atomic E-state index is 0.118. The molecule has 1 aliphatic rings. The molecule has 2 aromatic heterocycles. The zero-order valence-corrected chi connectivity index (χ0v) is 16.5. The number of carbonyl (C=O) groups is 1. The Morgan fingerprint density at radius 2 is 1.93 bits per heavy atom. The van der Waals surface area contributed by atoms with Crippen LogP contribution in [0.2, 0.25) is 0 Å². The molecule has 1 aliphatic heterocycles. The van der Waals surface area contributed by atoms with Gasteiger partial charge in [0.1, 0.15) is 23.3 Å². The average molecular weight is 407 g/mol. The summed E-state index contributed by atoms with van der Waals surface area (Å²) in [5.74, 6) is 1.37. The van der Waals surface area contributed by atoms with E-state index in [4.69, 9.17) is 0 Å². The topological polar surface area (TPSA) is 95.1 Å². The lowest BCUT2D eigenvalue weighted by molar-refractivity contribution is 0.243. The summed E-state index contributed by atoms with van der Waals surface area (Å²) >= 11 is 0. The molecule has 0 bridgehead atoms. The Morgan fingerprint density at radius 3 is 2.67 bits per heavy atom. The van der Waals surface area contributed by atoms with Crippen LogP contribution in [-0.4, -0.2) is 34.1 Å².